The van der Waals surface area contributed by atoms with Crippen molar-refractivity contribution in [3.8, 4) is 0 Å². The Balaban J connectivity index is 2.23. The van der Waals surface area contributed by atoms with Gasteiger partial charge in [-0.2, -0.15) is 0 Å². The number of imidazole rings is 1. The van der Waals surface area contributed by atoms with Crippen molar-refractivity contribution >= 4 is 27.3 Å². The molecule has 0 bridgehead atoms. The number of anilines is 1. The van der Waals surface area contributed by atoms with E-state index in [4.69, 9.17) is 16.7 Å². The van der Waals surface area contributed by atoms with Crippen molar-refractivity contribution in [1.29, 1.82) is 0 Å². The molecule has 0 saturated carbocycles. The van der Waals surface area contributed by atoms with Crippen molar-refractivity contribution in [3.63, 3.8) is 0 Å². The fourth-order valence-electron chi connectivity index (χ4n) is 1.56. The number of nitrogens with one attached hydrogen (secondary N) is 2. The van der Waals surface area contributed by atoms with Crippen LogP contribution < -0.4 is 10.5 Å². The van der Waals surface area contributed by atoms with Gasteiger partial charge in [0.15, 0.2) is 0 Å². The second-order valence-corrected chi connectivity index (χ2v) is 5.98. The van der Waals surface area contributed by atoms with Crippen LogP contribution in [0.25, 0.3) is 0 Å². The lowest BCUT2D eigenvalue weighted by Crippen LogP contribution is -2.12. The number of aromatic nitrogens is 2. The van der Waals surface area contributed by atoms with Gasteiger partial charge in [-0.05, 0) is 25.1 Å². The Hall–Kier alpha value is -1.57. The molecule has 0 fully saturated rings. The van der Waals surface area contributed by atoms with Crippen molar-refractivity contribution in [1.82, 2.24) is 9.97 Å². The number of nitrogens with zero attached hydrogens (tertiary/aromatic N) is 1. The summed E-state index contributed by atoms with van der Waals surface area (Å²) in [6.45, 7) is 2.33. The lowest BCUT2D eigenvalue weighted by atomic mass is 10.3. The standard InChI is InChI=1S/C11H13ClN4O2S/c1-7-11(16-6-15-7)5-14-10-4-8(19(13,17)18)2-3-9(10)12/h2-4,6,14H,5H2,1H3,(H,15,16)(H2,13,17,18). The van der Waals surface area contributed by atoms with Crippen LogP contribution in [0.3, 0.4) is 0 Å². The number of aromatic amines is 1. The molecule has 1 aromatic carbocycles. The maximum atomic E-state index is 11.3. The van der Waals surface area contributed by atoms with Crippen molar-refractivity contribution in [2.45, 2.75) is 18.4 Å². The zero-order valence-electron chi connectivity index (χ0n) is 10.1. The lowest BCUT2D eigenvalue weighted by Gasteiger charge is -2.09. The molecule has 0 unspecified atom stereocenters. The summed E-state index contributed by atoms with van der Waals surface area (Å²) in [4.78, 5) is 7.09. The first kappa shape index (κ1) is 13.9. The Morgan fingerprint density at radius 1 is 1.47 bits per heavy atom. The average Bonchev–Trinajstić information content (AvgIpc) is 2.72. The quantitative estimate of drug-likeness (QED) is 0.799. The molecule has 2 rings (SSSR count). The first-order valence-corrected chi connectivity index (χ1v) is 7.35. The molecule has 0 aliphatic rings. The zero-order valence-corrected chi connectivity index (χ0v) is 11.7. The first-order valence-electron chi connectivity index (χ1n) is 5.43. The van der Waals surface area contributed by atoms with Gasteiger partial charge >= 0.3 is 0 Å². The van der Waals surface area contributed by atoms with E-state index in [2.05, 4.69) is 15.3 Å². The fraction of sp³-hybridized carbons (Fsp3) is 0.182. The zero-order chi connectivity index (χ0) is 14.0. The van der Waals surface area contributed by atoms with Crippen LogP contribution in [-0.2, 0) is 16.6 Å². The van der Waals surface area contributed by atoms with E-state index in [1.165, 1.54) is 18.2 Å². The van der Waals surface area contributed by atoms with Gasteiger partial charge < -0.3 is 10.3 Å². The first-order chi connectivity index (χ1) is 8.88. The summed E-state index contributed by atoms with van der Waals surface area (Å²) in [7, 11) is -3.74. The van der Waals surface area contributed by atoms with Gasteiger partial charge in [0, 0.05) is 5.69 Å². The third-order valence-corrected chi connectivity index (χ3v) is 3.89. The predicted molar refractivity (Wildman–Crippen MR) is 73.5 cm³/mol. The number of benzene rings is 1. The second kappa shape index (κ2) is 5.20. The van der Waals surface area contributed by atoms with Gasteiger partial charge in [0.1, 0.15) is 0 Å². The van der Waals surface area contributed by atoms with Gasteiger partial charge in [-0.25, -0.2) is 18.5 Å². The molecule has 6 nitrogen and oxygen atoms in total. The van der Waals surface area contributed by atoms with E-state index in [1.54, 1.807) is 6.33 Å². The van der Waals surface area contributed by atoms with Crippen LogP contribution >= 0.6 is 11.6 Å². The van der Waals surface area contributed by atoms with Crippen LogP contribution in [-0.4, -0.2) is 18.4 Å². The molecule has 0 amide bonds. The van der Waals surface area contributed by atoms with Crippen molar-refractivity contribution in [2.24, 2.45) is 5.14 Å². The number of primary sulfonamides is 1. The Kier molecular flexibility index (Phi) is 3.79. The van der Waals surface area contributed by atoms with Gasteiger partial charge in [0.05, 0.1) is 34.2 Å². The molecular formula is C11H13ClN4O2S. The third kappa shape index (κ3) is 3.25. The van der Waals surface area contributed by atoms with Crippen LogP contribution in [0.15, 0.2) is 29.4 Å². The topological polar surface area (TPSA) is 101 Å². The number of rotatable bonds is 4. The normalized spacial score (nSPS) is 11.5. The summed E-state index contributed by atoms with van der Waals surface area (Å²) in [6.07, 6.45) is 1.59. The van der Waals surface area contributed by atoms with Gasteiger partial charge in [0.25, 0.3) is 0 Å². The molecule has 1 aromatic heterocycles. The smallest absolute Gasteiger partial charge is 0.238 e. The Bertz CT molecular complexity index is 696. The molecule has 0 aliphatic heterocycles. The molecule has 8 heteroatoms. The summed E-state index contributed by atoms with van der Waals surface area (Å²) >= 11 is 6.00. The van der Waals surface area contributed by atoms with Gasteiger partial charge in [-0.1, -0.05) is 11.6 Å². The Labute approximate surface area is 116 Å². The summed E-state index contributed by atoms with van der Waals surface area (Å²) in [5.41, 5.74) is 2.26. The minimum absolute atomic E-state index is 0.0122. The molecule has 1 heterocycles. The maximum Gasteiger partial charge on any atom is 0.238 e. The van der Waals surface area contributed by atoms with Crippen LogP contribution in [0.2, 0.25) is 5.02 Å². The largest absolute Gasteiger partial charge is 0.378 e. The lowest BCUT2D eigenvalue weighted by molar-refractivity contribution is 0.598. The van der Waals surface area contributed by atoms with Gasteiger partial charge in [-0.15, -0.1) is 0 Å². The number of H-pyrrole nitrogens is 1. The van der Waals surface area contributed by atoms with Crippen molar-refractivity contribution in [2.75, 3.05) is 5.32 Å². The number of aryl methyl sites for hydroxylation is 1. The average molecular weight is 301 g/mol. The van der Waals surface area contributed by atoms with E-state index in [0.29, 0.717) is 17.3 Å². The summed E-state index contributed by atoms with van der Waals surface area (Å²) < 4.78 is 22.5. The summed E-state index contributed by atoms with van der Waals surface area (Å²) in [5, 5.41) is 8.53. The van der Waals surface area contributed by atoms with Gasteiger partial charge in [-0.3, -0.25) is 0 Å². The van der Waals surface area contributed by atoms with Crippen LogP contribution in [0.1, 0.15) is 11.4 Å². The molecule has 2 aromatic rings. The van der Waals surface area contributed by atoms with E-state index in [-0.39, 0.29) is 4.90 Å². The van der Waals surface area contributed by atoms with Gasteiger partial charge in [0.2, 0.25) is 10.0 Å². The highest BCUT2D eigenvalue weighted by molar-refractivity contribution is 7.89. The predicted octanol–water partition coefficient (Wildman–Crippen LogP) is 1.63. The molecule has 102 valence electrons. The molecule has 0 spiro atoms. The van der Waals surface area contributed by atoms with Crippen LogP contribution in [0.4, 0.5) is 5.69 Å². The van der Waals surface area contributed by atoms with E-state index < -0.39 is 10.0 Å². The van der Waals surface area contributed by atoms with E-state index in [1.807, 2.05) is 6.92 Å². The SMILES string of the molecule is Cc1[nH]cnc1CNc1cc(S(N)(=O)=O)ccc1Cl. The highest BCUT2D eigenvalue weighted by atomic mass is 35.5. The molecule has 0 radical (unpaired) electrons. The van der Waals surface area contributed by atoms with Crippen molar-refractivity contribution < 1.29 is 8.42 Å². The molecular weight excluding hydrogens is 288 g/mol. The fourth-order valence-corrected chi connectivity index (χ4v) is 2.29. The number of sulfonamides is 1. The molecule has 19 heavy (non-hydrogen) atoms. The number of nitrogens with two attached hydrogens (primary N) is 1. The third-order valence-electron chi connectivity index (χ3n) is 2.65. The van der Waals surface area contributed by atoms with Crippen molar-refractivity contribution in [3.05, 3.63) is 40.9 Å². The number of hydrogen-bond donors (Lipinski definition) is 3. The Morgan fingerprint density at radius 2 is 2.21 bits per heavy atom. The summed E-state index contributed by atoms with van der Waals surface area (Å²) in [5.74, 6) is 0. The number of hydrogen-bond acceptors (Lipinski definition) is 4. The highest BCUT2D eigenvalue weighted by Gasteiger charge is 2.11. The second-order valence-electron chi connectivity index (χ2n) is 4.01. The molecule has 0 atom stereocenters. The minimum Gasteiger partial charge on any atom is -0.378 e. The number of halogens is 1. The van der Waals surface area contributed by atoms with E-state index in [9.17, 15) is 8.42 Å². The monoisotopic (exact) mass is 300 g/mol. The van der Waals surface area contributed by atoms with Crippen LogP contribution in [0, 0.1) is 6.92 Å². The molecule has 4 N–H and O–H groups in total. The molecule has 0 saturated heterocycles. The Morgan fingerprint density at radius 3 is 2.79 bits per heavy atom. The van der Waals surface area contributed by atoms with E-state index in [0.717, 1.165) is 11.4 Å². The maximum absolute atomic E-state index is 11.3. The highest BCUT2D eigenvalue weighted by Crippen LogP contribution is 2.25. The minimum atomic E-state index is -3.74. The summed E-state index contributed by atoms with van der Waals surface area (Å²) in [6, 6.07) is 4.25. The van der Waals surface area contributed by atoms with Crippen LogP contribution in [0.5, 0.6) is 0 Å². The van der Waals surface area contributed by atoms with E-state index >= 15 is 0 Å². The molecule has 0 aliphatic carbocycles.